The Morgan fingerprint density at radius 1 is 1.00 bits per heavy atom. The quantitative estimate of drug-likeness (QED) is 0.792. The number of rotatable bonds is 3. The second-order valence-corrected chi connectivity index (χ2v) is 9.00. The summed E-state index contributed by atoms with van der Waals surface area (Å²) >= 11 is 0. The molecular formula is C16H26O3S. The molecule has 1 aromatic rings. The summed E-state index contributed by atoms with van der Waals surface area (Å²) in [5, 5.41) is 0. The third kappa shape index (κ3) is 4.23. The summed E-state index contributed by atoms with van der Waals surface area (Å²) in [5.74, 6) is 0.407. The van der Waals surface area contributed by atoms with Gasteiger partial charge in [0.2, 0.25) is 0 Å². The van der Waals surface area contributed by atoms with E-state index in [4.69, 9.17) is 4.18 Å². The van der Waals surface area contributed by atoms with Gasteiger partial charge in [-0.15, -0.1) is 0 Å². The molecule has 3 nitrogen and oxygen atoms in total. The lowest BCUT2D eigenvalue weighted by Crippen LogP contribution is -2.20. The second kappa shape index (κ2) is 5.40. The van der Waals surface area contributed by atoms with Crippen LogP contribution in [0, 0.1) is 0 Å². The Bertz CT molecular complexity index is 573. The van der Waals surface area contributed by atoms with Crippen LogP contribution in [0.5, 0.6) is 5.75 Å². The van der Waals surface area contributed by atoms with E-state index >= 15 is 0 Å². The first-order valence-electron chi connectivity index (χ1n) is 6.94. The van der Waals surface area contributed by atoms with Crippen molar-refractivity contribution in [2.45, 2.75) is 59.3 Å². The molecule has 0 spiro atoms. The van der Waals surface area contributed by atoms with Gasteiger partial charge in [0.1, 0.15) is 5.75 Å². The molecule has 4 heteroatoms. The van der Waals surface area contributed by atoms with Crippen molar-refractivity contribution in [2.24, 2.45) is 0 Å². The van der Waals surface area contributed by atoms with Crippen molar-refractivity contribution < 1.29 is 12.6 Å². The number of benzene rings is 1. The highest BCUT2D eigenvalue weighted by molar-refractivity contribution is 7.87. The van der Waals surface area contributed by atoms with Gasteiger partial charge in [0.25, 0.3) is 0 Å². The van der Waals surface area contributed by atoms with E-state index in [1.54, 1.807) is 13.0 Å². The monoisotopic (exact) mass is 298 g/mol. The summed E-state index contributed by atoms with van der Waals surface area (Å²) in [6, 6.07) is 5.77. The van der Waals surface area contributed by atoms with Crippen LogP contribution < -0.4 is 4.18 Å². The minimum Gasteiger partial charge on any atom is -0.382 e. The molecule has 0 heterocycles. The molecule has 0 radical (unpaired) electrons. The maximum absolute atomic E-state index is 11.7. The summed E-state index contributed by atoms with van der Waals surface area (Å²) < 4.78 is 28.7. The van der Waals surface area contributed by atoms with Crippen LogP contribution in [0.15, 0.2) is 18.2 Å². The van der Waals surface area contributed by atoms with E-state index in [0.29, 0.717) is 5.75 Å². The zero-order chi connectivity index (χ0) is 15.8. The molecule has 0 bridgehead atoms. The van der Waals surface area contributed by atoms with Crippen LogP contribution in [-0.4, -0.2) is 14.2 Å². The third-order valence-electron chi connectivity index (χ3n) is 3.22. The van der Waals surface area contributed by atoms with E-state index in [0.717, 1.165) is 5.56 Å². The van der Waals surface area contributed by atoms with E-state index in [-0.39, 0.29) is 16.6 Å². The molecule has 1 rings (SSSR count). The van der Waals surface area contributed by atoms with Gasteiger partial charge in [-0.3, -0.25) is 0 Å². The topological polar surface area (TPSA) is 43.4 Å². The third-order valence-corrected chi connectivity index (χ3v) is 4.36. The summed E-state index contributed by atoms with van der Waals surface area (Å²) in [4.78, 5) is 0. The largest absolute Gasteiger partial charge is 0.382 e. The molecule has 0 amide bonds. The Hall–Kier alpha value is -1.03. The van der Waals surface area contributed by atoms with E-state index in [1.165, 1.54) is 5.56 Å². The lowest BCUT2D eigenvalue weighted by Gasteiger charge is -2.26. The Morgan fingerprint density at radius 2 is 1.55 bits per heavy atom. The molecule has 114 valence electrons. The first kappa shape index (κ1) is 17.0. The van der Waals surface area contributed by atoms with Crippen LogP contribution in [0.25, 0.3) is 0 Å². The summed E-state index contributed by atoms with van der Waals surface area (Å²) in [6.07, 6.45) is 0. The van der Waals surface area contributed by atoms with Crippen LogP contribution in [0.2, 0.25) is 0 Å². The standard InChI is InChI=1S/C16H26O3S/c1-8-20(17,18)19-14-10-9-12(15(2,3)4)11-13(14)16(5,6)7/h9-11H,8H2,1-7H3. The molecule has 20 heavy (non-hydrogen) atoms. The predicted octanol–water partition coefficient (Wildman–Crippen LogP) is 4.01. The Kier molecular flexibility index (Phi) is 4.59. The summed E-state index contributed by atoms with van der Waals surface area (Å²) in [5.41, 5.74) is 1.92. The van der Waals surface area contributed by atoms with Crippen LogP contribution >= 0.6 is 0 Å². The van der Waals surface area contributed by atoms with Gasteiger partial charge in [0.05, 0.1) is 5.75 Å². The lowest BCUT2D eigenvalue weighted by atomic mass is 9.80. The van der Waals surface area contributed by atoms with Crippen molar-refractivity contribution in [3.63, 3.8) is 0 Å². The van der Waals surface area contributed by atoms with Gasteiger partial charge in [-0.05, 0) is 29.4 Å². The highest BCUT2D eigenvalue weighted by atomic mass is 32.2. The van der Waals surface area contributed by atoms with Crippen LogP contribution in [0.3, 0.4) is 0 Å². The van der Waals surface area contributed by atoms with Gasteiger partial charge >= 0.3 is 10.1 Å². The average Bonchev–Trinajstić information content (AvgIpc) is 2.26. The first-order valence-corrected chi connectivity index (χ1v) is 8.52. The fraction of sp³-hybridized carbons (Fsp3) is 0.625. The Morgan fingerprint density at radius 3 is 1.95 bits per heavy atom. The van der Waals surface area contributed by atoms with E-state index < -0.39 is 10.1 Å². The average molecular weight is 298 g/mol. The molecule has 0 saturated heterocycles. The summed E-state index contributed by atoms with van der Waals surface area (Å²) in [6.45, 7) is 14.2. The zero-order valence-electron chi connectivity index (χ0n) is 13.6. The Labute approximate surface area is 123 Å². The van der Waals surface area contributed by atoms with E-state index in [2.05, 4.69) is 47.6 Å². The fourth-order valence-electron chi connectivity index (χ4n) is 1.85. The maximum Gasteiger partial charge on any atom is 0.308 e. The number of hydrogen-bond acceptors (Lipinski definition) is 3. The van der Waals surface area contributed by atoms with Gasteiger partial charge in [0, 0.05) is 5.56 Å². The van der Waals surface area contributed by atoms with Crippen LogP contribution in [0.1, 0.15) is 59.6 Å². The van der Waals surface area contributed by atoms with Gasteiger partial charge in [-0.2, -0.15) is 8.42 Å². The van der Waals surface area contributed by atoms with Gasteiger partial charge in [0.15, 0.2) is 0 Å². The van der Waals surface area contributed by atoms with E-state index in [9.17, 15) is 8.42 Å². The second-order valence-electron chi connectivity index (χ2n) is 7.14. The molecule has 0 saturated carbocycles. The van der Waals surface area contributed by atoms with Crippen LogP contribution in [0.4, 0.5) is 0 Å². The van der Waals surface area contributed by atoms with Gasteiger partial charge in [-0.25, -0.2) is 0 Å². The minimum atomic E-state index is -3.50. The van der Waals surface area contributed by atoms with Gasteiger partial charge in [-0.1, -0.05) is 53.7 Å². The van der Waals surface area contributed by atoms with Crippen molar-refractivity contribution in [1.29, 1.82) is 0 Å². The molecule has 0 aliphatic heterocycles. The molecule has 1 aromatic carbocycles. The predicted molar refractivity (Wildman–Crippen MR) is 83.9 cm³/mol. The first-order chi connectivity index (χ1) is 8.87. The molecule has 0 unspecified atom stereocenters. The summed E-state index contributed by atoms with van der Waals surface area (Å²) in [7, 11) is -3.50. The van der Waals surface area contributed by atoms with Crippen molar-refractivity contribution in [3.05, 3.63) is 29.3 Å². The normalized spacial score (nSPS) is 13.3. The molecule has 0 atom stereocenters. The minimum absolute atomic E-state index is 0.0160. The highest BCUT2D eigenvalue weighted by Gasteiger charge is 2.25. The van der Waals surface area contributed by atoms with E-state index in [1.807, 2.05) is 6.07 Å². The molecule has 0 aromatic heterocycles. The molecular weight excluding hydrogens is 272 g/mol. The van der Waals surface area contributed by atoms with Crippen molar-refractivity contribution in [2.75, 3.05) is 5.75 Å². The maximum atomic E-state index is 11.7. The highest BCUT2D eigenvalue weighted by Crippen LogP contribution is 2.36. The fourth-order valence-corrected chi connectivity index (χ4v) is 2.39. The molecule has 0 aliphatic carbocycles. The van der Waals surface area contributed by atoms with Crippen LogP contribution in [-0.2, 0) is 20.9 Å². The number of hydrogen-bond donors (Lipinski definition) is 0. The van der Waals surface area contributed by atoms with Crippen molar-refractivity contribution in [3.8, 4) is 5.75 Å². The van der Waals surface area contributed by atoms with Gasteiger partial charge < -0.3 is 4.18 Å². The smallest absolute Gasteiger partial charge is 0.308 e. The van der Waals surface area contributed by atoms with Crippen molar-refractivity contribution in [1.82, 2.24) is 0 Å². The zero-order valence-corrected chi connectivity index (χ0v) is 14.4. The lowest BCUT2D eigenvalue weighted by molar-refractivity contribution is 0.470. The SMILES string of the molecule is CCS(=O)(=O)Oc1ccc(C(C)(C)C)cc1C(C)(C)C. The molecule has 0 fully saturated rings. The molecule has 0 N–H and O–H groups in total. The Balaban J connectivity index is 3.40. The van der Waals surface area contributed by atoms with Crippen molar-refractivity contribution >= 4 is 10.1 Å². The molecule has 0 aliphatic rings.